The van der Waals surface area contributed by atoms with Crippen molar-refractivity contribution in [2.45, 2.75) is 19.3 Å². The molecule has 31 heavy (non-hydrogen) atoms. The number of fused-ring (bicyclic) bond motifs is 1. The number of nitrogens with zero attached hydrogens (tertiary/aromatic N) is 2. The average Bonchev–Trinajstić information content (AvgIpc) is 3.25. The number of thiazole rings is 1. The molecule has 0 spiro atoms. The van der Waals surface area contributed by atoms with E-state index < -0.39 is 0 Å². The normalized spacial score (nSPS) is 16.2. The molecule has 1 amide bonds. The van der Waals surface area contributed by atoms with Gasteiger partial charge in [0.05, 0.1) is 10.6 Å². The Morgan fingerprint density at radius 3 is 2.48 bits per heavy atom. The van der Waals surface area contributed by atoms with Gasteiger partial charge in [-0.05, 0) is 46.5 Å². The number of hydrogen-bond acceptors (Lipinski definition) is 6. The fourth-order valence-electron chi connectivity index (χ4n) is 3.83. The summed E-state index contributed by atoms with van der Waals surface area (Å²) in [6.45, 7) is 2.80. The Balaban J connectivity index is 1.55. The zero-order valence-corrected chi connectivity index (χ0v) is 19.3. The van der Waals surface area contributed by atoms with Crippen molar-refractivity contribution in [2.75, 3.05) is 26.3 Å². The van der Waals surface area contributed by atoms with E-state index in [0.29, 0.717) is 29.7 Å². The van der Waals surface area contributed by atoms with Crippen LogP contribution in [0.3, 0.4) is 0 Å². The summed E-state index contributed by atoms with van der Waals surface area (Å²) in [6.07, 6.45) is 3.41. The van der Waals surface area contributed by atoms with Crippen LogP contribution in [0.15, 0.2) is 46.9 Å². The van der Waals surface area contributed by atoms with Gasteiger partial charge in [0, 0.05) is 23.1 Å². The molecule has 1 fully saturated rings. The third-order valence-corrected chi connectivity index (χ3v) is 7.12. The Morgan fingerprint density at radius 1 is 1.03 bits per heavy atom. The zero-order valence-electron chi connectivity index (χ0n) is 16.9. The van der Waals surface area contributed by atoms with Gasteiger partial charge in [0.25, 0.3) is 5.91 Å². The van der Waals surface area contributed by atoms with Crippen LogP contribution in [-0.4, -0.2) is 42.2 Å². The van der Waals surface area contributed by atoms with Crippen LogP contribution in [0.2, 0.25) is 0 Å². The Labute approximate surface area is 193 Å². The number of piperidine rings is 1. The fraction of sp³-hybridized carbons (Fsp3) is 0.304. The number of halogens is 1. The molecule has 160 valence electrons. The fourth-order valence-corrected chi connectivity index (χ4v) is 5.31. The van der Waals surface area contributed by atoms with Gasteiger partial charge in [-0.3, -0.25) is 10.2 Å². The van der Waals surface area contributed by atoms with Crippen molar-refractivity contribution in [3.8, 4) is 33.2 Å². The number of hydrazine groups is 1. The maximum absolute atomic E-state index is 13.0. The summed E-state index contributed by atoms with van der Waals surface area (Å²) in [5.74, 6) is 1.24. The van der Waals surface area contributed by atoms with Crippen LogP contribution in [0, 0.1) is 0 Å². The first-order valence-electron chi connectivity index (χ1n) is 10.4. The monoisotopic (exact) mass is 499 g/mol. The van der Waals surface area contributed by atoms with E-state index in [9.17, 15) is 4.79 Å². The molecular weight excluding hydrogens is 478 g/mol. The van der Waals surface area contributed by atoms with Gasteiger partial charge >= 0.3 is 0 Å². The second-order valence-corrected chi connectivity index (χ2v) is 9.38. The van der Waals surface area contributed by atoms with E-state index in [0.717, 1.165) is 52.1 Å². The summed E-state index contributed by atoms with van der Waals surface area (Å²) in [7, 11) is 0. The standard InChI is InChI=1S/C23H22BrN3O3S/c24-17-14-19-18(29-11-12-30-19)13-16(17)20-21(15-7-3-1-4-8-15)31-23(25-20)22(28)26-27-9-5-2-6-10-27/h1,3-4,7-8,13-14H,2,5-6,9-12H2,(H,26,28). The molecule has 5 rings (SSSR count). The molecule has 6 nitrogen and oxygen atoms in total. The molecule has 2 aromatic carbocycles. The molecule has 0 saturated carbocycles. The van der Waals surface area contributed by atoms with Gasteiger partial charge in [-0.15, -0.1) is 11.3 Å². The van der Waals surface area contributed by atoms with Gasteiger partial charge in [-0.25, -0.2) is 9.99 Å². The van der Waals surface area contributed by atoms with Crippen molar-refractivity contribution < 1.29 is 14.3 Å². The van der Waals surface area contributed by atoms with Gasteiger partial charge in [0.2, 0.25) is 0 Å². The minimum absolute atomic E-state index is 0.163. The third kappa shape index (κ3) is 4.33. The lowest BCUT2D eigenvalue weighted by Gasteiger charge is -2.26. The topological polar surface area (TPSA) is 63.7 Å². The molecule has 0 unspecified atom stereocenters. The van der Waals surface area contributed by atoms with E-state index in [1.165, 1.54) is 17.8 Å². The number of ether oxygens (including phenoxy) is 2. The number of carbonyl (C=O) groups excluding carboxylic acids is 1. The number of amides is 1. The second-order valence-electron chi connectivity index (χ2n) is 7.53. The summed E-state index contributed by atoms with van der Waals surface area (Å²) in [4.78, 5) is 18.7. The molecule has 0 aliphatic carbocycles. The predicted molar refractivity (Wildman–Crippen MR) is 125 cm³/mol. The molecule has 0 radical (unpaired) electrons. The Morgan fingerprint density at radius 2 is 1.74 bits per heavy atom. The van der Waals surface area contributed by atoms with Crippen LogP contribution in [0.25, 0.3) is 21.7 Å². The number of benzene rings is 2. The van der Waals surface area contributed by atoms with Crippen molar-refractivity contribution in [3.63, 3.8) is 0 Å². The number of carbonyl (C=O) groups is 1. The van der Waals surface area contributed by atoms with E-state index in [4.69, 9.17) is 14.5 Å². The highest BCUT2D eigenvalue weighted by Gasteiger charge is 2.24. The predicted octanol–water partition coefficient (Wildman–Crippen LogP) is 5.14. The van der Waals surface area contributed by atoms with Crippen LogP contribution in [0.5, 0.6) is 11.5 Å². The van der Waals surface area contributed by atoms with Crippen LogP contribution in [-0.2, 0) is 0 Å². The van der Waals surface area contributed by atoms with Crippen LogP contribution < -0.4 is 14.9 Å². The zero-order chi connectivity index (χ0) is 21.2. The SMILES string of the molecule is O=C(NN1CCCCC1)c1nc(-c2cc3c(cc2Br)OCCO3)c(-c2ccccc2)s1. The molecule has 2 aliphatic heterocycles. The highest BCUT2D eigenvalue weighted by atomic mass is 79.9. The number of rotatable bonds is 4. The van der Waals surface area contributed by atoms with Crippen molar-refractivity contribution in [1.82, 2.24) is 15.4 Å². The first-order valence-corrected chi connectivity index (χ1v) is 12.0. The maximum atomic E-state index is 13.0. The highest BCUT2D eigenvalue weighted by molar-refractivity contribution is 9.10. The molecule has 1 aromatic heterocycles. The van der Waals surface area contributed by atoms with Crippen LogP contribution in [0.4, 0.5) is 0 Å². The molecule has 3 heterocycles. The molecule has 0 atom stereocenters. The van der Waals surface area contributed by atoms with Gasteiger partial charge in [0.1, 0.15) is 13.2 Å². The second kappa shape index (κ2) is 8.98. The van der Waals surface area contributed by atoms with E-state index in [1.54, 1.807) is 0 Å². The largest absolute Gasteiger partial charge is 0.486 e. The number of aromatic nitrogens is 1. The average molecular weight is 500 g/mol. The van der Waals surface area contributed by atoms with Crippen LogP contribution >= 0.6 is 27.3 Å². The van der Waals surface area contributed by atoms with Gasteiger partial charge in [-0.2, -0.15) is 0 Å². The first kappa shape index (κ1) is 20.5. The van der Waals surface area contributed by atoms with Gasteiger partial charge in [0.15, 0.2) is 16.5 Å². The molecule has 8 heteroatoms. The smallest absolute Gasteiger partial charge is 0.294 e. The first-order chi connectivity index (χ1) is 15.2. The van der Waals surface area contributed by atoms with Crippen molar-refractivity contribution in [2.24, 2.45) is 0 Å². The molecule has 1 saturated heterocycles. The molecule has 3 aromatic rings. The third-order valence-electron chi connectivity index (χ3n) is 5.36. The lowest BCUT2D eigenvalue weighted by molar-refractivity contribution is 0.0750. The van der Waals surface area contributed by atoms with E-state index in [1.807, 2.05) is 47.5 Å². The van der Waals surface area contributed by atoms with Gasteiger partial charge in [-0.1, -0.05) is 36.8 Å². The van der Waals surface area contributed by atoms with Crippen LogP contribution in [0.1, 0.15) is 29.1 Å². The number of nitrogens with one attached hydrogen (secondary N) is 1. The number of hydrogen-bond donors (Lipinski definition) is 1. The summed E-state index contributed by atoms with van der Waals surface area (Å²) < 4.78 is 12.3. The van der Waals surface area contributed by atoms with Crippen molar-refractivity contribution >= 4 is 33.2 Å². The van der Waals surface area contributed by atoms with E-state index in [2.05, 4.69) is 21.4 Å². The van der Waals surface area contributed by atoms with E-state index in [-0.39, 0.29) is 5.91 Å². The Hall–Kier alpha value is -2.42. The molecular formula is C23H22BrN3O3S. The van der Waals surface area contributed by atoms with E-state index >= 15 is 0 Å². The Bertz CT molecular complexity index is 1100. The Kier molecular flexibility index (Phi) is 5.93. The molecule has 1 N–H and O–H groups in total. The lowest BCUT2D eigenvalue weighted by Crippen LogP contribution is -2.45. The lowest BCUT2D eigenvalue weighted by atomic mass is 10.1. The summed E-state index contributed by atoms with van der Waals surface area (Å²) >= 11 is 5.07. The maximum Gasteiger partial charge on any atom is 0.294 e. The summed E-state index contributed by atoms with van der Waals surface area (Å²) in [5, 5.41) is 2.44. The molecule has 0 bridgehead atoms. The summed E-state index contributed by atoms with van der Waals surface area (Å²) in [6, 6.07) is 13.9. The highest BCUT2D eigenvalue weighted by Crippen LogP contribution is 2.44. The summed E-state index contributed by atoms with van der Waals surface area (Å²) in [5.41, 5.74) is 5.68. The molecule has 2 aliphatic rings. The van der Waals surface area contributed by atoms with Crippen molar-refractivity contribution in [3.05, 3.63) is 51.9 Å². The van der Waals surface area contributed by atoms with Crippen molar-refractivity contribution in [1.29, 1.82) is 0 Å². The van der Waals surface area contributed by atoms with Gasteiger partial charge < -0.3 is 9.47 Å². The minimum atomic E-state index is -0.163. The quantitative estimate of drug-likeness (QED) is 0.538. The minimum Gasteiger partial charge on any atom is -0.486 e.